The third-order valence-corrected chi connectivity index (χ3v) is 2.68. The summed E-state index contributed by atoms with van der Waals surface area (Å²) in [6, 6.07) is 0. The Hall–Kier alpha value is 0.774. The maximum absolute atomic E-state index is 3.34. The molecule has 0 aromatic rings. The van der Waals surface area contributed by atoms with Crippen molar-refractivity contribution in [2.45, 2.75) is 58.8 Å². The van der Waals surface area contributed by atoms with Crippen LogP contribution in [0.15, 0.2) is 17.2 Å². The molecule has 0 fully saturated rings. The van der Waals surface area contributed by atoms with Gasteiger partial charge in [-0.15, -0.1) is 6.42 Å². The Kier molecular flexibility index (Phi) is 19.0. The number of rotatable bonds is 6. The van der Waals surface area contributed by atoms with Crippen molar-refractivity contribution < 1.29 is 46.5 Å². The molecule has 1 radical (unpaired) electrons. The molecular formula is C13H21Cl2Ti. The van der Waals surface area contributed by atoms with Gasteiger partial charge in [0.05, 0.1) is 0 Å². The molecule has 1 aliphatic rings. The molecule has 0 amide bonds. The van der Waals surface area contributed by atoms with E-state index in [9.17, 15) is 0 Å². The average Bonchev–Trinajstić information content (AvgIpc) is 2.59. The molecular weight excluding hydrogens is 275 g/mol. The van der Waals surface area contributed by atoms with E-state index in [2.05, 4.69) is 26.0 Å². The van der Waals surface area contributed by atoms with Crippen LogP contribution in [0, 0.1) is 6.08 Å². The second-order valence-electron chi connectivity index (χ2n) is 3.86. The summed E-state index contributed by atoms with van der Waals surface area (Å²) >= 11 is 0. The molecule has 3 heteroatoms. The van der Waals surface area contributed by atoms with Crippen LogP contribution in [0.5, 0.6) is 0 Å². The first-order chi connectivity index (χ1) is 6.38. The molecule has 91 valence electrons. The minimum absolute atomic E-state index is 0. The number of unbranched alkanes of at least 4 members (excludes halogenated alkanes) is 2. The summed E-state index contributed by atoms with van der Waals surface area (Å²) in [6.07, 6.45) is 14.6. The van der Waals surface area contributed by atoms with Gasteiger partial charge in [0.2, 0.25) is 0 Å². The zero-order valence-electron chi connectivity index (χ0n) is 10.3. The van der Waals surface area contributed by atoms with Gasteiger partial charge in [-0.3, -0.25) is 6.08 Å². The molecule has 1 aliphatic carbocycles. The zero-order valence-corrected chi connectivity index (χ0v) is 13.4. The zero-order chi connectivity index (χ0) is 9.52. The third-order valence-electron chi connectivity index (χ3n) is 2.68. The second-order valence-corrected chi connectivity index (χ2v) is 3.86. The van der Waals surface area contributed by atoms with E-state index in [-0.39, 0.29) is 46.5 Å². The number of hydrogen-bond donors (Lipinski definition) is 0. The van der Waals surface area contributed by atoms with Gasteiger partial charge in [0.15, 0.2) is 0 Å². The summed E-state index contributed by atoms with van der Waals surface area (Å²) in [6.45, 7) is 4.52. The Balaban J connectivity index is -0.000000563. The number of halogens is 2. The third kappa shape index (κ3) is 7.95. The van der Waals surface area contributed by atoms with Gasteiger partial charge in [0.25, 0.3) is 0 Å². The number of hydrogen-bond acceptors (Lipinski definition) is 0. The molecule has 0 nitrogen and oxygen atoms in total. The summed E-state index contributed by atoms with van der Waals surface area (Å²) in [5, 5.41) is 0. The van der Waals surface area contributed by atoms with Crippen molar-refractivity contribution in [3.8, 4) is 0 Å². The average molecular weight is 296 g/mol. The first-order valence-electron chi connectivity index (χ1n) is 5.66. The fraction of sp³-hybridized carbons (Fsp3) is 0.692. The second kappa shape index (κ2) is 13.8. The van der Waals surface area contributed by atoms with Gasteiger partial charge in [0.1, 0.15) is 0 Å². The van der Waals surface area contributed by atoms with Gasteiger partial charge >= 0.3 is 21.7 Å². The predicted octanol–water partition coefficient (Wildman–Crippen LogP) is -1.57. The summed E-state index contributed by atoms with van der Waals surface area (Å²) in [7, 11) is 0. The molecule has 16 heavy (non-hydrogen) atoms. The van der Waals surface area contributed by atoms with E-state index >= 15 is 0 Å². The van der Waals surface area contributed by atoms with Crippen molar-refractivity contribution in [1.82, 2.24) is 0 Å². The fourth-order valence-electron chi connectivity index (χ4n) is 1.77. The van der Waals surface area contributed by atoms with Crippen LogP contribution in [0.1, 0.15) is 58.8 Å². The van der Waals surface area contributed by atoms with Crippen molar-refractivity contribution >= 4 is 0 Å². The molecule has 0 saturated carbocycles. The van der Waals surface area contributed by atoms with E-state index in [4.69, 9.17) is 0 Å². The maximum atomic E-state index is 3.34. The first-order valence-corrected chi connectivity index (χ1v) is 5.66. The Morgan fingerprint density at radius 2 is 1.62 bits per heavy atom. The molecule has 0 bridgehead atoms. The molecule has 0 aliphatic heterocycles. The normalized spacial score (nSPS) is 12.9. The molecule has 0 heterocycles. The van der Waals surface area contributed by atoms with E-state index in [1.54, 1.807) is 11.1 Å². The van der Waals surface area contributed by atoms with Gasteiger partial charge in [-0.1, -0.05) is 46.0 Å². The summed E-state index contributed by atoms with van der Waals surface area (Å²) < 4.78 is 0. The Morgan fingerprint density at radius 1 is 1.06 bits per heavy atom. The van der Waals surface area contributed by atoms with Gasteiger partial charge in [-0.05, 0) is 6.42 Å². The predicted molar refractivity (Wildman–Crippen MR) is 58.5 cm³/mol. The molecule has 0 unspecified atom stereocenters. The van der Waals surface area contributed by atoms with Crippen LogP contribution in [0.3, 0.4) is 0 Å². The Bertz CT molecular complexity index is 210. The van der Waals surface area contributed by atoms with Crippen molar-refractivity contribution in [3.05, 3.63) is 23.3 Å². The molecule has 1 rings (SSSR count). The van der Waals surface area contributed by atoms with E-state index in [0.717, 1.165) is 6.42 Å². The van der Waals surface area contributed by atoms with Crippen LogP contribution in [-0.2, 0) is 21.7 Å². The molecule has 0 aromatic carbocycles. The van der Waals surface area contributed by atoms with Gasteiger partial charge < -0.3 is 24.8 Å². The van der Waals surface area contributed by atoms with Crippen LogP contribution < -0.4 is 24.8 Å². The first kappa shape index (κ1) is 22.0. The van der Waals surface area contributed by atoms with E-state index in [1.165, 1.54) is 38.5 Å². The molecule has 0 spiro atoms. The molecule has 0 atom stereocenters. The largest absolute Gasteiger partial charge is 3.00 e. The van der Waals surface area contributed by atoms with E-state index in [0.29, 0.717) is 0 Å². The summed E-state index contributed by atoms with van der Waals surface area (Å²) in [4.78, 5) is 0. The van der Waals surface area contributed by atoms with E-state index in [1.807, 2.05) is 0 Å². The van der Waals surface area contributed by atoms with Gasteiger partial charge in [-0.25, -0.2) is 6.08 Å². The van der Waals surface area contributed by atoms with Crippen LogP contribution in [0.4, 0.5) is 0 Å². The topological polar surface area (TPSA) is 0 Å². The minimum Gasteiger partial charge on any atom is -1.00 e. The summed E-state index contributed by atoms with van der Waals surface area (Å²) in [5.41, 5.74) is 3.26. The smallest absolute Gasteiger partial charge is 1.00 e. The van der Waals surface area contributed by atoms with Crippen molar-refractivity contribution in [3.63, 3.8) is 0 Å². The SMILES string of the molecule is CCCCC1=C(CCCC)C[C-]=C1.[Cl-].[Cl-].[Ti+3]. The van der Waals surface area contributed by atoms with Crippen LogP contribution in [-0.4, -0.2) is 0 Å². The molecule has 0 saturated heterocycles. The Labute approximate surface area is 128 Å². The van der Waals surface area contributed by atoms with Crippen LogP contribution in [0.2, 0.25) is 0 Å². The standard InChI is InChI=1S/C13H21.2ClH.Ti/c1-3-5-8-12-10-7-11-13(12)9-6-4-2;;;/h10H,3-6,8-9,11H2,1-2H3;2*1H;/q-1;;;+3/p-2. The molecule has 0 N–H and O–H groups in total. The van der Waals surface area contributed by atoms with Crippen molar-refractivity contribution in [1.29, 1.82) is 0 Å². The van der Waals surface area contributed by atoms with Crippen LogP contribution >= 0.6 is 0 Å². The quantitative estimate of drug-likeness (QED) is 0.410. The minimum atomic E-state index is 0. The van der Waals surface area contributed by atoms with Crippen molar-refractivity contribution in [2.24, 2.45) is 0 Å². The van der Waals surface area contributed by atoms with E-state index < -0.39 is 0 Å². The fourth-order valence-corrected chi connectivity index (χ4v) is 1.77. The molecule has 0 aromatic heterocycles. The van der Waals surface area contributed by atoms with Gasteiger partial charge in [0, 0.05) is 0 Å². The Morgan fingerprint density at radius 3 is 2.19 bits per heavy atom. The van der Waals surface area contributed by atoms with Gasteiger partial charge in [-0.2, -0.15) is 11.1 Å². The van der Waals surface area contributed by atoms with Crippen molar-refractivity contribution in [2.75, 3.05) is 0 Å². The number of allylic oxidation sites excluding steroid dienone is 4. The van der Waals surface area contributed by atoms with Crippen LogP contribution in [0.25, 0.3) is 0 Å². The summed E-state index contributed by atoms with van der Waals surface area (Å²) in [5.74, 6) is 0. The monoisotopic (exact) mass is 295 g/mol. The maximum Gasteiger partial charge on any atom is 3.00 e.